The van der Waals surface area contributed by atoms with Crippen molar-refractivity contribution in [2.75, 3.05) is 27.7 Å². The predicted octanol–water partition coefficient (Wildman–Crippen LogP) is 1.36. The third-order valence-corrected chi connectivity index (χ3v) is 7.33. The molecule has 150 valence electrons. The fourth-order valence-corrected chi connectivity index (χ4v) is 4.76. The van der Waals surface area contributed by atoms with Gasteiger partial charge in [0, 0.05) is 13.6 Å². The molecule has 2 saturated heterocycles. The summed E-state index contributed by atoms with van der Waals surface area (Å²) in [5.41, 5.74) is -0.396. The van der Waals surface area contributed by atoms with E-state index >= 15 is 0 Å². The van der Waals surface area contributed by atoms with Crippen LogP contribution in [0.15, 0.2) is 22.4 Å². The summed E-state index contributed by atoms with van der Waals surface area (Å²) in [6, 6.07) is 0. The molecule has 0 saturated carbocycles. The minimum atomic E-state index is -4.08. The first kappa shape index (κ1) is 22.1. The topological polar surface area (TPSA) is 115 Å². The van der Waals surface area contributed by atoms with Gasteiger partial charge < -0.3 is 4.89 Å². The molecule has 0 aliphatic carbocycles. The van der Waals surface area contributed by atoms with E-state index in [2.05, 4.69) is 16.8 Å². The Balaban J connectivity index is 2.20. The Labute approximate surface area is 166 Å². The van der Waals surface area contributed by atoms with Crippen molar-refractivity contribution in [3.8, 4) is 0 Å². The lowest BCUT2D eigenvalue weighted by Gasteiger charge is -2.19. The largest absolute Gasteiger partial charge is 0.406 e. The Morgan fingerprint density at radius 3 is 2.44 bits per heavy atom. The van der Waals surface area contributed by atoms with Crippen LogP contribution < -0.4 is 0 Å². The molecule has 2 rings (SSSR count). The summed E-state index contributed by atoms with van der Waals surface area (Å²) < 4.78 is 18.0. The molecule has 3 unspecified atom stereocenters. The van der Waals surface area contributed by atoms with E-state index in [0.29, 0.717) is 11.7 Å². The first-order chi connectivity index (χ1) is 12.4. The van der Waals surface area contributed by atoms with Gasteiger partial charge in [-0.25, -0.2) is 9.24 Å². The zero-order valence-electron chi connectivity index (χ0n) is 15.6. The van der Waals surface area contributed by atoms with Gasteiger partial charge in [-0.3, -0.25) is 23.9 Å². The van der Waals surface area contributed by atoms with Crippen LogP contribution in [0.25, 0.3) is 0 Å². The molecule has 2 fully saturated rings. The molecule has 1 N–H and O–H groups in total. The summed E-state index contributed by atoms with van der Waals surface area (Å²) >= 11 is 2.15. The number of hydrogen-bond acceptors (Lipinski definition) is 8. The second kappa shape index (κ2) is 8.46. The summed E-state index contributed by atoms with van der Waals surface area (Å²) in [7, 11) is 0.143. The zero-order valence-corrected chi connectivity index (χ0v) is 18.2. The predicted molar refractivity (Wildman–Crippen MR) is 107 cm³/mol. The van der Waals surface area contributed by atoms with E-state index in [4.69, 9.17) is 4.52 Å². The van der Waals surface area contributed by atoms with Crippen molar-refractivity contribution >= 4 is 53.4 Å². The van der Waals surface area contributed by atoms with E-state index in [0.717, 1.165) is 22.0 Å². The van der Waals surface area contributed by atoms with E-state index < -0.39 is 19.1 Å². The van der Waals surface area contributed by atoms with Gasteiger partial charge in [0.05, 0.1) is 5.25 Å². The van der Waals surface area contributed by atoms with Gasteiger partial charge in [-0.2, -0.15) is 0 Å². The van der Waals surface area contributed by atoms with Gasteiger partial charge in [-0.05, 0) is 39.7 Å². The van der Waals surface area contributed by atoms with Crippen LogP contribution in [0.1, 0.15) is 13.8 Å². The van der Waals surface area contributed by atoms with Crippen LogP contribution in [0, 0.1) is 0 Å². The summed E-state index contributed by atoms with van der Waals surface area (Å²) in [6.45, 7) is 7.73. The van der Waals surface area contributed by atoms with Crippen LogP contribution in [0.2, 0.25) is 0 Å². The molecule has 0 aromatic heterocycles. The summed E-state index contributed by atoms with van der Waals surface area (Å²) in [6.07, 6.45) is 0. The highest BCUT2D eigenvalue weighted by Crippen LogP contribution is 2.48. The maximum absolute atomic E-state index is 12.2. The fraction of sp³-hybridized carbons (Fsp3) is 0.571. The van der Waals surface area contributed by atoms with Crippen LogP contribution in [-0.4, -0.2) is 79.9 Å². The molecular weight excluding hydrogens is 413 g/mol. The van der Waals surface area contributed by atoms with Crippen molar-refractivity contribution in [1.29, 1.82) is 0 Å². The molecule has 27 heavy (non-hydrogen) atoms. The smallest absolute Gasteiger partial charge is 0.312 e. The Morgan fingerprint density at radius 1 is 1.30 bits per heavy atom. The number of rotatable bonds is 6. The van der Waals surface area contributed by atoms with Crippen molar-refractivity contribution in [3.63, 3.8) is 0 Å². The summed E-state index contributed by atoms with van der Waals surface area (Å²) in [5.74, 6) is -0.601. The van der Waals surface area contributed by atoms with Crippen LogP contribution in [0.5, 0.6) is 0 Å². The molecule has 13 heteroatoms. The van der Waals surface area contributed by atoms with Crippen molar-refractivity contribution < 1.29 is 23.6 Å². The molecule has 2 amide bonds. The second-order valence-electron chi connectivity index (χ2n) is 6.20. The number of nitrogens with zero attached hydrogens (tertiary/aromatic N) is 5. The number of thioether (sulfide) groups is 2. The minimum Gasteiger partial charge on any atom is -0.312 e. The number of likely N-dealkylation sites (N-methyl/N-ethyl adjacent to an activating group) is 1. The van der Waals surface area contributed by atoms with Gasteiger partial charge >= 0.3 is 7.75 Å². The highest BCUT2D eigenvalue weighted by atomic mass is 32.2. The molecule has 10 nitrogen and oxygen atoms in total. The lowest BCUT2D eigenvalue weighted by atomic mass is 10.3. The van der Waals surface area contributed by atoms with Crippen LogP contribution in [-0.2, 0) is 18.7 Å². The summed E-state index contributed by atoms with van der Waals surface area (Å²) in [4.78, 5) is 36.9. The van der Waals surface area contributed by atoms with Crippen LogP contribution >= 0.6 is 31.3 Å². The molecular formula is C14H22N5O5PS2. The lowest BCUT2D eigenvalue weighted by molar-refractivity contribution is -0.129. The van der Waals surface area contributed by atoms with Crippen molar-refractivity contribution in [3.05, 3.63) is 12.2 Å². The van der Waals surface area contributed by atoms with Crippen LogP contribution in [0.4, 0.5) is 0 Å². The first-order valence-electron chi connectivity index (χ1n) is 7.85. The first-order valence-corrected chi connectivity index (χ1v) is 11.1. The molecule has 0 spiro atoms. The summed E-state index contributed by atoms with van der Waals surface area (Å²) in [5, 5.41) is 8.50. The molecule has 0 bridgehead atoms. The molecule has 0 radical (unpaired) electrons. The Bertz CT molecular complexity index is 771. The van der Waals surface area contributed by atoms with E-state index in [1.54, 1.807) is 6.92 Å². The molecule has 2 heterocycles. The molecule has 2 aliphatic heterocycles. The van der Waals surface area contributed by atoms with Crippen molar-refractivity contribution in [1.82, 2.24) is 14.5 Å². The van der Waals surface area contributed by atoms with E-state index in [9.17, 15) is 19.0 Å². The fourth-order valence-electron chi connectivity index (χ4n) is 2.02. The average molecular weight is 435 g/mol. The SMILES string of the molecule is C=C(C)CN1C(=O)C(C)SC1=NN=C1SC(OP(=O)(O)N(C)C)C(=O)N1C. The number of carbonyl (C=O) groups excluding carboxylic acids is 2. The lowest BCUT2D eigenvalue weighted by Crippen LogP contribution is -2.32. The average Bonchev–Trinajstić information content (AvgIpc) is 2.97. The number of carbonyl (C=O) groups is 2. The highest BCUT2D eigenvalue weighted by molar-refractivity contribution is 8.16. The van der Waals surface area contributed by atoms with E-state index in [1.165, 1.54) is 42.7 Å². The van der Waals surface area contributed by atoms with Crippen LogP contribution in [0.3, 0.4) is 0 Å². The molecule has 0 aromatic rings. The standard InChI is InChI=1S/C14H22N5O5PS2/c1-8(2)7-19-10(20)9(3)26-14(19)16-15-13-18(6)11(21)12(27-13)24-25(22,23)17(4)5/h9,12H,1,7H2,2-6H3,(H,22,23). The zero-order chi connectivity index (χ0) is 20.5. The van der Waals surface area contributed by atoms with Crippen molar-refractivity contribution in [2.45, 2.75) is 24.5 Å². The van der Waals surface area contributed by atoms with Gasteiger partial charge in [0.25, 0.3) is 5.91 Å². The Morgan fingerprint density at radius 2 is 1.89 bits per heavy atom. The van der Waals surface area contributed by atoms with Gasteiger partial charge in [0.1, 0.15) is 0 Å². The maximum Gasteiger partial charge on any atom is 0.406 e. The minimum absolute atomic E-state index is 0.0844. The van der Waals surface area contributed by atoms with Crippen molar-refractivity contribution in [2.24, 2.45) is 10.2 Å². The normalized spacial score (nSPS) is 28.7. The second-order valence-corrected chi connectivity index (χ2v) is 10.5. The van der Waals surface area contributed by atoms with E-state index in [1.807, 2.05) is 6.92 Å². The number of amides is 2. The Kier molecular flexibility index (Phi) is 6.93. The quantitative estimate of drug-likeness (QED) is 0.378. The third-order valence-electron chi connectivity index (χ3n) is 3.55. The highest BCUT2D eigenvalue weighted by Gasteiger charge is 2.42. The maximum atomic E-state index is 12.2. The Hall–Kier alpha value is -1.17. The van der Waals surface area contributed by atoms with Gasteiger partial charge in [-0.1, -0.05) is 23.9 Å². The van der Waals surface area contributed by atoms with Gasteiger partial charge in [-0.15, -0.1) is 10.2 Å². The van der Waals surface area contributed by atoms with Gasteiger partial charge in [0.2, 0.25) is 5.91 Å². The number of hydrogen-bond donors (Lipinski definition) is 1. The molecule has 3 atom stereocenters. The molecule has 2 aliphatic rings. The van der Waals surface area contributed by atoms with Gasteiger partial charge in [0.15, 0.2) is 15.8 Å². The third kappa shape index (κ3) is 5.01. The molecule has 0 aromatic carbocycles. The monoisotopic (exact) mass is 435 g/mol. The van der Waals surface area contributed by atoms with E-state index in [-0.39, 0.29) is 16.3 Å². The number of amidine groups is 2.